The molecule has 1 fully saturated rings. The molecule has 1 aliphatic rings. The number of carbonyl (C=O) groups is 1. The van der Waals surface area contributed by atoms with Crippen LogP contribution >= 0.6 is 24.8 Å². The summed E-state index contributed by atoms with van der Waals surface area (Å²) in [5.74, 6) is 0.634. The highest BCUT2D eigenvalue weighted by Crippen LogP contribution is 2.10. The average molecular weight is 360 g/mol. The minimum atomic E-state index is -0.0719. The third-order valence-electron chi connectivity index (χ3n) is 3.19. The third-order valence-corrected chi connectivity index (χ3v) is 3.19. The van der Waals surface area contributed by atoms with Gasteiger partial charge in [0.15, 0.2) is 5.82 Å². The molecule has 1 aliphatic heterocycles. The lowest BCUT2D eigenvalue weighted by Gasteiger charge is -2.23. The van der Waals surface area contributed by atoms with E-state index >= 15 is 0 Å². The van der Waals surface area contributed by atoms with Crippen molar-refractivity contribution in [2.45, 2.75) is 12.5 Å². The number of rotatable bonds is 4. The molecule has 3 heterocycles. The summed E-state index contributed by atoms with van der Waals surface area (Å²) in [5.41, 5.74) is 0.666. The van der Waals surface area contributed by atoms with Gasteiger partial charge in [-0.2, -0.15) is 5.10 Å². The number of ether oxygens (including phenoxy) is 1. The zero-order valence-electron chi connectivity index (χ0n) is 12.3. The second-order valence-corrected chi connectivity index (χ2v) is 4.80. The maximum atomic E-state index is 11.9. The molecular weight excluding hydrogens is 341 g/mol. The number of morpholine rings is 1. The molecule has 2 aromatic heterocycles. The third kappa shape index (κ3) is 5.47. The largest absolute Gasteiger partial charge is 0.375 e. The Hall–Kier alpha value is -1.67. The summed E-state index contributed by atoms with van der Waals surface area (Å²) in [7, 11) is 0. The van der Waals surface area contributed by atoms with Gasteiger partial charge in [0, 0.05) is 25.5 Å². The highest BCUT2D eigenvalue weighted by atomic mass is 35.5. The van der Waals surface area contributed by atoms with Gasteiger partial charge in [-0.15, -0.1) is 24.8 Å². The van der Waals surface area contributed by atoms with Crippen molar-refractivity contribution < 1.29 is 9.53 Å². The van der Waals surface area contributed by atoms with Gasteiger partial charge in [0.25, 0.3) is 0 Å². The van der Waals surface area contributed by atoms with E-state index in [4.69, 9.17) is 4.74 Å². The Labute approximate surface area is 146 Å². The van der Waals surface area contributed by atoms with Crippen molar-refractivity contribution in [1.29, 1.82) is 0 Å². The zero-order valence-corrected chi connectivity index (χ0v) is 14.0. The van der Waals surface area contributed by atoms with Crippen molar-refractivity contribution >= 4 is 36.4 Å². The van der Waals surface area contributed by atoms with Crippen molar-refractivity contribution in [1.82, 2.24) is 20.1 Å². The molecule has 23 heavy (non-hydrogen) atoms. The Morgan fingerprint density at radius 3 is 2.91 bits per heavy atom. The van der Waals surface area contributed by atoms with Crippen molar-refractivity contribution in [3.63, 3.8) is 0 Å². The first-order chi connectivity index (χ1) is 10.3. The number of pyridine rings is 1. The van der Waals surface area contributed by atoms with Gasteiger partial charge in [-0.1, -0.05) is 0 Å². The number of hydrogen-bond acceptors (Lipinski definition) is 5. The molecule has 1 atom stereocenters. The lowest BCUT2D eigenvalue weighted by atomic mass is 10.2. The van der Waals surface area contributed by atoms with E-state index < -0.39 is 0 Å². The summed E-state index contributed by atoms with van der Waals surface area (Å²) in [4.78, 5) is 16.2. The second kappa shape index (κ2) is 9.46. The van der Waals surface area contributed by atoms with Crippen LogP contribution in [0.5, 0.6) is 0 Å². The quantitative estimate of drug-likeness (QED) is 0.862. The van der Waals surface area contributed by atoms with Crippen molar-refractivity contribution in [2.24, 2.45) is 0 Å². The van der Waals surface area contributed by atoms with Crippen LogP contribution in [-0.4, -0.2) is 46.5 Å². The van der Waals surface area contributed by atoms with Gasteiger partial charge in [0.05, 0.1) is 31.0 Å². The molecule has 2 aromatic rings. The van der Waals surface area contributed by atoms with Gasteiger partial charge in [0.1, 0.15) is 0 Å². The molecule has 0 aliphatic carbocycles. The molecular formula is C14H19Cl2N5O2. The summed E-state index contributed by atoms with van der Waals surface area (Å²) < 4.78 is 7.16. The van der Waals surface area contributed by atoms with E-state index in [0.29, 0.717) is 31.1 Å². The van der Waals surface area contributed by atoms with Crippen LogP contribution in [0.2, 0.25) is 0 Å². The molecule has 3 rings (SSSR count). The lowest BCUT2D eigenvalue weighted by Crippen LogP contribution is -2.40. The smallest absolute Gasteiger partial charge is 0.227 e. The molecule has 1 amide bonds. The predicted octanol–water partition coefficient (Wildman–Crippen LogP) is 1.43. The SMILES string of the molecule is Cl.Cl.O=C(CC1CNCCO1)Nc1ccc(-n2cccn2)nc1. The second-order valence-electron chi connectivity index (χ2n) is 4.80. The van der Waals surface area contributed by atoms with Crippen LogP contribution in [0.25, 0.3) is 5.82 Å². The average Bonchev–Trinajstić information content (AvgIpc) is 3.03. The van der Waals surface area contributed by atoms with Crippen LogP contribution < -0.4 is 10.6 Å². The van der Waals surface area contributed by atoms with Crippen molar-refractivity contribution in [3.8, 4) is 5.82 Å². The first-order valence-corrected chi connectivity index (χ1v) is 6.89. The number of amides is 1. The van der Waals surface area contributed by atoms with E-state index in [9.17, 15) is 4.79 Å². The monoisotopic (exact) mass is 359 g/mol. The highest BCUT2D eigenvalue weighted by Gasteiger charge is 2.17. The topological polar surface area (TPSA) is 81.1 Å². The number of carbonyl (C=O) groups excluding carboxylic acids is 1. The predicted molar refractivity (Wildman–Crippen MR) is 91.7 cm³/mol. The summed E-state index contributed by atoms with van der Waals surface area (Å²) in [5, 5.41) is 10.1. The fraction of sp³-hybridized carbons (Fsp3) is 0.357. The van der Waals surface area contributed by atoms with Crippen LogP contribution in [0.15, 0.2) is 36.8 Å². The van der Waals surface area contributed by atoms with Gasteiger partial charge in [0.2, 0.25) is 5.91 Å². The Morgan fingerprint density at radius 2 is 2.30 bits per heavy atom. The minimum Gasteiger partial charge on any atom is -0.375 e. The maximum Gasteiger partial charge on any atom is 0.227 e. The van der Waals surface area contributed by atoms with Crippen molar-refractivity contribution in [3.05, 3.63) is 36.8 Å². The number of nitrogens with zero attached hydrogens (tertiary/aromatic N) is 3. The summed E-state index contributed by atoms with van der Waals surface area (Å²) >= 11 is 0. The minimum absolute atomic E-state index is 0. The van der Waals surface area contributed by atoms with Crippen LogP contribution in [-0.2, 0) is 9.53 Å². The molecule has 0 bridgehead atoms. The molecule has 1 unspecified atom stereocenters. The lowest BCUT2D eigenvalue weighted by molar-refractivity contribution is -0.119. The summed E-state index contributed by atoms with van der Waals surface area (Å²) in [6.45, 7) is 2.21. The fourth-order valence-corrected chi connectivity index (χ4v) is 2.17. The maximum absolute atomic E-state index is 11.9. The van der Waals surface area contributed by atoms with Gasteiger partial charge in [-0.3, -0.25) is 4.79 Å². The molecule has 0 spiro atoms. The molecule has 0 radical (unpaired) electrons. The Balaban J connectivity index is 0.00000132. The standard InChI is InChI=1S/C14H17N5O2.2ClH/c20-14(8-12-10-15-5-7-21-12)18-11-2-3-13(16-9-11)19-6-1-4-17-19;;/h1-4,6,9,12,15H,5,7-8,10H2,(H,18,20);2*1H. The van der Waals surface area contributed by atoms with E-state index in [1.807, 2.05) is 18.3 Å². The Kier molecular flexibility index (Phi) is 7.97. The number of hydrogen-bond donors (Lipinski definition) is 2. The van der Waals surface area contributed by atoms with Crippen LogP contribution in [0.4, 0.5) is 5.69 Å². The van der Waals surface area contributed by atoms with Crippen LogP contribution in [0.1, 0.15) is 6.42 Å². The molecule has 1 saturated heterocycles. The Bertz CT molecular complexity index is 586. The summed E-state index contributed by atoms with van der Waals surface area (Å²) in [6.07, 6.45) is 5.40. The molecule has 9 heteroatoms. The van der Waals surface area contributed by atoms with E-state index in [2.05, 4.69) is 20.7 Å². The first-order valence-electron chi connectivity index (χ1n) is 6.89. The van der Waals surface area contributed by atoms with E-state index in [-0.39, 0.29) is 36.8 Å². The fourth-order valence-electron chi connectivity index (χ4n) is 2.17. The van der Waals surface area contributed by atoms with Gasteiger partial charge < -0.3 is 15.4 Å². The Morgan fingerprint density at radius 1 is 1.43 bits per heavy atom. The van der Waals surface area contributed by atoms with E-state index in [0.717, 1.165) is 6.54 Å². The normalized spacial score (nSPS) is 16.8. The van der Waals surface area contributed by atoms with E-state index in [1.165, 1.54) is 0 Å². The zero-order chi connectivity index (χ0) is 14.5. The van der Waals surface area contributed by atoms with Crippen LogP contribution in [0.3, 0.4) is 0 Å². The van der Waals surface area contributed by atoms with Gasteiger partial charge >= 0.3 is 0 Å². The van der Waals surface area contributed by atoms with Gasteiger partial charge in [-0.25, -0.2) is 9.67 Å². The molecule has 0 saturated carbocycles. The van der Waals surface area contributed by atoms with Gasteiger partial charge in [-0.05, 0) is 18.2 Å². The molecule has 126 valence electrons. The number of anilines is 1. The number of nitrogens with one attached hydrogen (secondary N) is 2. The van der Waals surface area contributed by atoms with Crippen LogP contribution in [0, 0.1) is 0 Å². The number of halogens is 2. The van der Waals surface area contributed by atoms with E-state index in [1.54, 1.807) is 23.1 Å². The molecule has 0 aromatic carbocycles. The highest BCUT2D eigenvalue weighted by molar-refractivity contribution is 5.90. The molecule has 7 nitrogen and oxygen atoms in total. The number of aromatic nitrogens is 3. The first kappa shape index (κ1) is 19.4. The van der Waals surface area contributed by atoms with Crippen molar-refractivity contribution in [2.75, 3.05) is 25.0 Å². The summed E-state index contributed by atoms with van der Waals surface area (Å²) in [6, 6.07) is 5.44. The molecule has 2 N–H and O–H groups in total.